The van der Waals surface area contributed by atoms with Gasteiger partial charge in [-0.25, -0.2) is 0 Å². The highest BCUT2D eigenvalue weighted by atomic mass is 35.5. The molecule has 0 bridgehead atoms. The molecule has 0 saturated carbocycles. The maximum absolute atomic E-state index is 6.03. The Hall–Kier alpha value is -0.610. The number of ether oxygens (including phenoxy) is 1. The summed E-state index contributed by atoms with van der Waals surface area (Å²) in [5, 5.41) is 8.42. The zero-order chi connectivity index (χ0) is 10.8. The molecule has 5 heteroatoms. The van der Waals surface area contributed by atoms with Crippen LogP contribution in [0.1, 0.15) is 38.6 Å². The Morgan fingerprint density at radius 2 is 2.40 bits per heavy atom. The van der Waals surface area contributed by atoms with Crippen LogP contribution in [0.25, 0.3) is 0 Å². The Labute approximate surface area is 94.6 Å². The van der Waals surface area contributed by atoms with Crippen molar-refractivity contribution < 1.29 is 4.74 Å². The van der Waals surface area contributed by atoms with Crippen LogP contribution in [0, 0.1) is 0 Å². The molecule has 2 rings (SSSR count). The molecule has 0 amide bonds. The van der Waals surface area contributed by atoms with Crippen molar-refractivity contribution in [2.45, 2.75) is 45.3 Å². The predicted octanol–water partition coefficient (Wildman–Crippen LogP) is 2.23. The average Bonchev–Trinajstić information content (AvgIpc) is 2.85. The van der Waals surface area contributed by atoms with Crippen LogP contribution in [0.5, 0.6) is 0 Å². The van der Waals surface area contributed by atoms with Crippen LogP contribution in [0.2, 0.25) is 5.28 Å². The standard InChI is InChI=1S/C10H16ClN3O/c1-3-9-12-13-10(11)14(9)7(2)8-5-4-6-15-8/h7-8H,3-6H2,1-2H3. The number of halogens is 1. The number of rotatable bonds is 3. The molecule has 2 unspecified atom stereocenters. The molecule has 1 fully saturated rings. The van der Waals surface area contributed by atoms with Crippen LogP contribution in [-0.4, -0.2) is 27.5 Å². The van der Waals surface area contributed by atoms with Crippen molar-refractivity contribution in [3.8, 4) is 0 Å². The summed E-state index contributed by atoms with van der Waals surface area (Å²) in [5.41, 5.74) is 0. The van der Waals surface area contributed by atoms with Crippen LogP contribution in [0.3, 0.4) is 0 Å². The van der Waals surface area contributed by atoms with E-state index < -0.39 is 0 Å². The quantitative estimate of drug-likeness (QED) is 0.798. The normalized spacial score (nSPS) is 23.3. The summed E-state index contributed by atoms with van der Waals surface area (Å²) in [6, 6.07) is 0.227. The molecule has 1 saturated heterocycles. The first-order chi connectivity index (χ1) is 7.24. The third kappa shape index (κ3) is 2.01. The van der Waals surface area contributed by atoms with E-state index in [1.165, 1.54) is 0 Å². The van der Waals surface area contributed by atoms with Gasteiger partial charge in [-0.3, -0.25) is 4.57 Å². The Morgan fingerprint density at radius 3 is 3.00 bits per heavy atom. The monoisotopic (exact) mass is 229 g/mol. The zero-order valence-corrected chi connectivity index (χ0v) is 9.87. The molecule has 1 aliphatic rings. The Kier molecular flexibility index (Phi) is 3.26. The summed E-state index contributed by atoms with van der Waals surface area (Å²) in [4.78, 5) is 0. The molecular formula is C10H16ClN3O. The zero-order valence-electron chi connectivity index (χ0n) is 9.11. The van der Waals surface area contributed by atoms with Crippen LogP contribution in [0.4, 0.5) is 0 Å². The molecule has 2 atom stereocenters. The molecule has 4 nitrogen and oxygen atoms in total. The van der Waals surface area contributed by atoms with Gasteiger partial charge in [0.05, 0.1) is 12.1 Å². The molecule has 1 aromatic heterocycles. The first-order valence-electron chi connectivity index (χ1n) is 5.45. The van der Waals surface area contributed by atoms with Gasteiger partial charge in [-0.1, -0.05) is 6.92 Å². The minimum atomic E-state index is 0.227. The van der Waals surface area contributed by atoms with E-state index in [0.717, 1.165) is 31.7 Å². The molecule has 1 aliphatic heterocycles. The van der Waals surface area contributed by atoms with Crippen LogP contribution < -0.4 is 0 Å². The van der Waals surface area contributed by atoms with Crippen molar-refractivity contribution in [3.05, 3.63) is 11.1 Å². The smallest absolute Gasteiger partial charge is 0.225 e. The lowest BCUT2D eigenvalue weighted by atomic mass is 10.1. The van der Waals surface area contributed by atoms with Crippen LogP contribution in [-0.2, 0) is 11.2 Å². The molecule has 1 aromatic rings. The maximum Gasteiger partial charge on any atom is 0.225 e. The molecule has 0 radical (unpaired) electrons. The van der Waals surface area contributed by atoms with E-state index in [-0.39, 0.29) is 12.1 Å². The summed E-state index contributed by atoms with van der Waals surface area (Å²) in [5.74, 6) is 0.933. The fraction of sp³-hybridized carbons (Fsp3) is 0.800. The highest BCUT2D eigenvalue weighted by Gasteiger charge is 2.26. The Morgan fingerprint density at radius 1 is 1.60 bits per heavy atom. The highest BCUT2D eigenvalue weighted by Crippen LogP contribution is 2.27. The van der Waals surface area contributed by atoms with Crippen molar-refractivity contribution in [2.24, 2.45) is 0 Å². The topological polar surface area (TPSA) is 39.9 Å². The molecular weight excluding hydrogens is 214 g/mol. The third-order valence-electron chi connectivity index (χ3n) is 2.95. The Balaban J connectivity index is 2.22. The number of aryl methyl sites for hydroxylation is 1. The van der Waals surface area contributed by atoms with Crippen molar-refractivity contribution >= 4 is 11.6 Å². The first kappa shape index (κ1) is 10.9. The number of hydrogen-bond acceptors (Lipinski definition) is 3. The van der Waals surface area contributed by atoms with Crippen molar-refractivity contribution in [3.63, 3.8) is 0 Å². The molecule has 84 valence electrons. The van der Waals surface area contributed by atoms with E-state index in [1.807, 2.05) is 4.57 Å². The third-order valence-corrected chi connectivity index (χ3v) is 3.21. The summed E-state index contributed by atoms with van der Waals surface area (Å²) in [6.07, 6.45) is 3.33. The highest BCUT2D eigenvalue weighted by molar-refractivity contribution is 6.28. The van der Waals surface area contributed by atoms with E-state index in [2.05, 4.69) is 24.0 Å². The van der Waals surface area contributed by atoms with Crippen molar-refractivity contribution in [1.82, 2.24) is 14.8 Å². The minimum Gasteiger partial charge on any atom is -0.376 e. The summed E-state index contributed by atoms with van der Waals surface area (Å²) >= 11 is 6.03. The van der Waals surface area contributed by atoms with Gasteiger partial charge >= 0.3 is 0 Å². The van der Waals surface area contributed by atoms with Gasteiger partial charge in [0.15, 0.2) is 0 Å². The van der Waals surface area contributed by atoms with E-state index in [0.29, 0.717) is 5.28 Å². The van der Waals surface area contributed by atoms with Crippen molar-refractivity contribution in [2.75, 3.05) is 6.61 Å². The van der Waals surface area contributed by atoms with Gasteiger partial charge < -0.3 is 4.74 Å². The van der Waals surface area contributed by atoms with Gasteiger partial charge in [0.2, 0.25) is 5.28 Å². The molecule has 0 spiro atoms. The second-order valence-electron chi connectivity index (χ2n) is 3.90. The number of nitrogens with zero attached hydrogens (tertiary/aromatic N) is 3. The fourth-order valence-corrected chi connectivity index (χ4v) is 2.38. The average molecular weight is 230 g/mol. The second-order valence-corrected chi connectivity index (χ2v) is 4.24. The van der Waals surface area contributed by atoms with Gasteiger partial charge in [-0.05, 0) is 31.4 Å². The lowest BCUT2D eigenvalue weighted by Gasteiger charge is -2.21. The fourth-order valence-electron chi connectivity index (χ4n) is 2.10. The Bertz CT molecular complexity index is 333. The molecule has 0 aliphatic carbocycles. The van der Waals surface area contributed by atoms with Gasteiger partial charge in [0.1, 0.15) is 5.82 Å². The van der Waals surface area contributed by atoms with Crippen LogP contribution in [0.15, 0.2) is 0 Å². The molecule has 15 heavy (non-hydrogen) atoms. The van der Waals surface area contributed by atoms with E-state index >= 15 is 0 Å². The van der Waals surface area contributed by atoms with Gasteiger partial charge in [-0.15, -0.1) is 10.2 Å². The summed E-state index contributed by atoms with van der Waals surface area (Å²) < 4.78 is 7.64. The van der Waals surface area contributed by atoms with E-state index in [9.17, 15) is 0 Å². The van der Waals surface area contributed by atoms with Crippen LogP contribution >= 0.6 is 11.6 Å². The largest absolute Gasteiger partial charge is 0.376 e. The van der Waals surface area contributed by atoms with Gasteiger partial charge in [-0.2, -0.15) is 0 Å². The van der Waals surface area contributed by atoms with Crippen molar-refractivity contribution in [1.29, 1.82) is 0 Å². The second kappa shape index (κ2) is 4.49. The summed E-state index contributed by atoms with van der Waals surface area (Å²) in [6.45, 7) is 5.03. The SMILES string of the molecule is CCc1nnc(Cl)n1C(C)C1CCCO1. The minimum absolute atomic E-state index is 0.227. The lowest BCUT2D eigenvalue weighted by Crippen LogP contribution is -2.22. The molecule has 0 aromatic carbocycles. The number of aromatic nitrogens is 3. The lowest BCUT2D eigenvalue weighted by molar-refractivity contribution is 0.0723. The predicted molar refractivity (Wildman–Crippen MR) is 58.1 cm³/mol. The maximum atomic E-state index is 6.03. The van der Waals surface area contributed by atoms with Gasteiger partial charge in [0, 0.05) is 13.0 Å². The van der Waals surface area contributed by atoms with E-state index in [4.69, 9.17) is 16.3 Å². The first-order valence-corrected chi connectivity index (χ1v) is 5.82. The molecule has 0 N–H and O–H groups in total. The summed E-state index contributed by atoms with van der Waals surface area (Å²) in [7, 11) is 0. The van der Waals surface area contributed by atoms with Gasteiger partial charge in [0.25, 0.3) is 0 Å². The number of hydrogen-bond donors (Lipinski definition) is 0. The molecule has 2 heterocycles. The van der Waals surface area contributed by atoms with E-state index in [1.54, 1.807) is 0 Å².